The van der Waals surface area contributed by atoms with Crippen LogP contribution in [-0.2, 0) is 11.2 Å². The van der Waals surface area contributed by atoms with E-state index in [1.165, 1.54) is 24.0 Å². The van der Waals surface area contributed by atoms with E-state index in [1.54, 1.807) is 0 Å². The summed E-state index contributed by atoms with van der Waals surface area (Å²) in [6, 6.07) is 8.35. The molecule has 1 aliphatic carbocycles. The third-order valence-corrected chi connectivity index (χ3v) is 3.65. The molecule has 0 radical (unpaired) electrons. The Labute approximate surface area is 121 Å². The minimum absolute atomic E-state index is 0. The molecule has 106 valence electrons. The van der Waals surface area contributed by atoms with Crippen molar-refractivity contribution in [3.63, 3.8) is 0 Å². The van der Waals surface area contributed by atoms with Crippen LogP contribution in [0.5, 0.6) is 0 Å². The molecule has 19 heavy (non-hydrogen) atoms. The molecule has 1 aromatic rings. The fourth-order valence-electron chi connectivity index (χ4n) is 2.15. The molecule has 0 aliphatic heterocycles. The highest BCUT2D eigenvalue weighted by molar-refractivity contribution is 5.85. The van der Waals surface area contributed by atoms with Crippen molar-refractivity contribution >= 4 is 18.3 Å². The largest absolute Gasteiger partial charge is 0.355 e. The van der Waals surface area contributed by atoms with Crippen molar-refractivity contribution in [3.05, 3.63) is 35.4 Å². The maximum Gasteiger partial charge on any atom is 0.220 e. The summed E-state index contributed by atoms with van der Waals surface area (Å²) in [7, 11) is 0. The summed E-state index contributed by atoms with van der Waals surface area (Å²) in [4.78, 5) is 11.7. The lowest BCUT2D eigenvalue weighted by molar-refractivity contribution is -0.121. The predicted octanol–water partition coefficient (Wildman–Crippen LogP) is 2.20. The molecule has 1 aliphatic rings. The van der Waals surface area contributed by atoms with E-state index in [0.29, 0.717) is 18.9 Å². The average molecular weight is 283 g/mol. The number of carbonyl (C=O) groups is 1. The van der Waals surface area contributed by atoms with E-state index in [4.69, 9.17) is 5.73 Å². The van der Waals surface area contributed by atoms with Crippen molar-refractivity contribution in [2.24, 2.45) is 11.7 Å². The van der Waals surface area contributed by atoms with Crippen LogP contribution in [0.1, 0.15) is 30.4 Å². The van der Waals surface area contributed by atoms with E-state index in [0.717, 1.165) is 6.42 Å². The lowest BCUT2D eigenvalue weighted by Gasteiger charge is -2.11. The third kappa shape index (κ3) is 5.21. The highest BCUT2D eigenvalue weighted by Gasteiger charge is 2.28. The smallest absolute Gasteiger partial charge is 0.220 e. The fraction of sp³-hybridized carbons (Fsp3) is 0.533. The monoisotopic (exact) mass is 282 g/mol. The topological polar surface area (TPSA) is 55.1 Å². The number of halogens is 1. The summed E-state index contributed by atoms with van der Waals surface area (Å²) in [6.45, 7) is 2.70. The number of benzene rings is 1. The molecule has 3 nitrogen and oxygen atoms in total. The Hall–Kier alpha value is -1.06. The number of rotatable bonds is 6. The highest BCUT2D eigenvalue weighted by Crippen LogP contribution is 2.31. The van der Waals surface area contributed by atoms with Crippen LogP contribution in [0.15, 0.2) is 24.3 Å². The van der Waals surface area contributed by atoms with Crippen LogP contribution < -0.4 is 11.1 Å². The number of amides is 1. The molecular weight excluding hydrogens is 260 g/mol. The zero-order valence-electron chi connectivity index (χ0n) is 11.4. The van der Waals surface area contributed by atoms with Gasteiger partial charge in [-0.25, -0.2) is 0 Å². The first-order chi connectivity index (χ1) is 8.66. The molecular formula is C15H23ClN2O. The van der Waals surface area contributed by atoms with Gasteiger partial charge in [-0.05, 0) is 43.2 Å². The van der Waals surface area contributed by atoms with Crippen LogP contribution in [-0.4, -0.2) is 18.5 Å². The minimum Gasteiger partial charge on any atom is -0.355 e. The van der Waals surface area contributed by atoms with Gasteiger partial charge in [-0.3, -0.25) is 4.79 Å². The summed E-state index contributed by atoms with van der Waals surface area (Å²) in [5.41, 5.74) is 8.44. The standard InChI is InChI=1S/C15H22N2O.ClH/c1-11-4-2-3-5-12(11)8-9-15(18)17-10-14(16)13-6-7-13;/h2-5,13-14H,6-10,16H2,1H3,(H,17,18);1H. The van der Waals surface area contributed by atoms with Gasteiger partial charge in [-0.2, -0.15) is 0 Å². The summed E-state index contributed by atoms with van der Waals surface area (Å²) in [6.07, 6.45) is 3.79. The molecule has 1 fully saturated rings. The Bertz CT molecular complexity index is 418. The van der Waals surface area contributed by atoms with E-state index in [1.807, 2.05) is 12.1 Å². The Morgan fingerprint density at radius 2 is 2.11 bits per heavy atom. The maximum absolute atomic E-state index is 11.7. The van der Waals surface area contributed by atoms with Crippen molar-refractivity contribution < 1.29 is 4.79 Å². The van der Waals surface area contributed by atoms with Crippen molar-refractivity contribution in [3.8, 4) is 0 Å². The zero-order valence-corrected chi connectivity index (χ0v) is 12.2. The van der Waals surface area contributed by atoms with Crippen LogP contribution in [0.3, 0.4) is 0 Å². The molecule has 1 saturated carbocycles. The Morgan fingerprint density at radius 1 is 1.42 bits per heavy atom. The lowest BCUT2D eigenvalue weighted by Crippen LogP contribution is -2.38. The molecule has 0 spiro atoms. The molecule has 3 N–H and O–H groups in total. The molecule has 0 aromatic heterocycles. The first kappa shape index (κ1) is 16.0. The van der Waals surface area contributed by atoms with Crippen molar-refractivity contribution in [2.75, 3.05) is 6.54 Å². The molecule has 0 saturated heterocycles. The van der Waals surface area contributed by atoms with Crippen LogP contribution in [0.4, 0.5) is 0 Å². The normalized spacial score (nSPS) is 15.5. The molecule has 0 heterocycles. The van der Waals surface area contributed by atoms with E-state index >= 15 is 0 Å². The van der Waals surface area contributed by atoms with E-state index < -0.39 is 0 Å². The van der Waals surface area contributed by atoms with Crippen LogP contribution in [0.25, 0.3) is 0 Å². The molecule has 4 heteroatoms. The second kappa shape index (κ2) is 7.51. The van der Waals surface area contributed by atoms with Gasteiger partial charge in [-0.15, -0.1) is 12.4 Å². The van der Waals surface area contributed by atoms with Crippen LogP contribution in [0.2, 0.25) is 0 Å². The van der Waals surface area contributed by atoms with E-state index in [9.17, 15) is 4.79 Å². The summed E-state index contributed by atoms with van der Waals surface area (Å²) >= 11 is 0. The summed E-state index contributed by atoms with van der Waals surface area (Å²) in [5, 5.41) is 2.93. The van der Waals surface area contributed by atoms with Gasteiger partial charge in [0.1, 0.15) is 0 Å². The second-order valence-corrected chi connectivity index (χ2v) is 5.23. The molecule has 0 bridgehead atoms. The zero-order chi connectivity index (χ0) is 13.0. The van der Waals surface area contributed by atoms with Gasteiger partial charge in [0.15, 0.2) is 0 Å². The van der Waals surface area contributed by atoms with Gasteiger partial charge in [0, 0.05) is 19.0 Å². The van der Waals surface area contributed by atoms with Gasteiger partial charge in [0.25, 0.3) is 0 Å². The number of carbonyl (C=O) groups excluding carboxylic acids is 1. The average Bonchev–Trinajstić information content (AvgIpc) is 3.19. The van der Waals surface area contributed by atoms with Gasteiger partial charge in [0.2, 0.25) is 5.91 Å². The predicted molar refractivity (Wildman–Crippen MR) is 80.5 cm³/mol. The van der Waals surface area contributed by atoms with Crippen molar-refractivity contribution in [1.82, 2.24) is 5.32 Å². The van der Waals surface area contributed by atoms with Gasteiger partial charge >= 0.3 is 0 Å². The third-order valence-electron chi connectivity index (χ3n) is 3.65. The highest BCUT2D eigenvalue weighted by atomic mass is 35.5. The van der Waals surface area contributed by atoms with Gasteiger partial charge < -0.3 is 11.1 Å². The van der Waals surface area contributed by atoms with Crippen molar-refractivity contribution in [2.45, 2.75) is 38.6 Å². The summed E-state index contributed by atoms with van der Waals surface area (Å²) in [5.74, 6) is 0.746. The first-order valence-electron chi connectivity index (χ1n) is 6.73. The fourth-order valence-corrected chi connectivity index (χ4v) is 2.15. The molecule has 1 amide bonds. The van der Waals surface area contributed by atoms with Gasteiger partial charge in [-0.1, -0.05) is 24.3 Å². The minimum atomic E-state index is 0. The molecule has 1 atom stereocenters. The summed E-state index contributed by atoms with van der Waals surface area (Å²) < 4.78 is 0. The van der Waals surface area contributed by atoms with E-state index in [-0.39, 0.29) is 24.4 Å². The lowest BCUT2D eigenvalue weighted by atomic mass is 10.0. The van der Waals surface area contributed by atoms with Crippen LogP contribution in [0, 0.1) is 12.8 Å². The van der Waals surface area contributed by atoms with Crippen molar-refractivity contribution in [1.29, 1.82) is 0 Å². The Kier molecular flexibility index (Phi) is 6.32. The van der Waals surface area contributed by atoms with Gasteiger partial charge in [0.05, 0.1) is 0 Å². The van der Waals surface area contributed by atoms with Crippen LogP contribution >= 0.6 is 12.4 Å². The number of hydrogen-bond acceptors (Lipinski definition) is 2. The Morgan fingerprint density at radius 3 is 2.74 bits per heavy atom. The first-order valence-corrected chi connectivity index (χ1v) is 6.73. The second-order valence-electron chi connectivity index (χ2n) is 5.23. The molecule has 1 unspecified atom stereocenters. The number of aryl methyl sites for hydroxylation is 2. The quantitative estimate of drug-likeness (QED) is 0.840. The molecule has 2 rings (SSSR count). The molecule has 1 aromatic carbocycles. The number of nitrogens with one attached hydrogen (secondary N) is 1. The Balaban J connectivity index is 0.00000180. The SMILES string of the molecule is Cc1ccccc1CCC(=O)NCC(N)C1CC1.Cl. The number of nitrogens with two attached hydrogens (primary N) is 1. The maximum atomic E-state index is 11.7. The van der Waals surface area contributed by atoms with E-state index in [2.05, 4.69) is 24.4 Å². The number of hydrogen-bond donors (Lipinski definition) is 2.